The summed E-state index contributed by atoms with van der Waals surface area (Å²) in [7, 11) is 1.63. The number of nitrogens with one attached hydrogen (secondary N) is 1. The van der Waals surface area contributed by atoms with Gasteiger partial charge in [0.25, 0.3) is 5.91 Å². The third-order valence-corrected chi connectivity index (χ3v) is 6.36. The molecule has 0 saturated carbocycles. The van der Waals surface area contributed by atoms with Gasteiger partial charge in [-0.1, -0.05) is 35.9 Å². The quantitative estimate of drug-likeness (QED) is 0.450. The molecule has 3 rings (SSSR count). The third kappa shape index (κ3) is 6.36. The van der Waals surface area contributed by atoms with Crippen LogP contribution in [-0.2, 0) is 10.5 Å². The smallest absolute Gasteiger partial charge is 0.254 e. The lowest BCUT2D eigenvalue weighted by Gasteiger charge is -2.18. The van der Waals surface area contributed by atoms with Crippen molar-refractivity contribution in [2.24, 2.45) is 0 Å². The van der Waals surface area contributed by atoms with E-state index in [0.717, 1.165) is 38.0 Å². The number of carbonyl (C=O) groups is 2. The molecule has 0 heterocycles. The standard InChI is InChI=1S/C25H25ClN2O2S/c1-17-5-4-6-23(18(17)2)27-24(29)15-28(3)25(30)20-9-7-19(8-10-20)16-31-22-13-11-21(26)12-14-22/h4-14H,15-16H2,1-3H3,(H,27,29). The van der Waals surface area contributed by atoms with Gasteiger partial charge in [0, 0.05) is 34.0 Å². The molecule has 0 saturated heterocycles. The first kappa shape index (κ1) is 22.9. The predicted molar refractivity (Wildman–Crippen MR) is 129 cm³/mol. The van der Waals surface area contributed by atoms with Crippen LogP contribution in [0.2, 0.25) is 5.02 Å². The number of likely N-dealkylation sites (N-methyl/N-ethyl adjacent to an activating group) is 1. The van der Waals surface area contributed by atoms with Gasteiger partial charge in [0.15, 0.2) is 0 Å². The Labute approximate surface area is 192 Å². The first-order valence-electron chi connectivity index (χ1n) is 9.92. The molecule has 3 aromatic carbocycles. The van der Waals surface area contributed by atoms with E-state index in [1.54, 1.807) is 30.9 Å². The zero-order valence-electron chi connectivity index (χ0n) is 17.8. The highest BCUT2D eigenvalue weighted by Crippen LogP contribution is 2.24. The Kier molecular flexibility index (Phi) is 7.77. The third-order valence-electron chi connectivity index (χ3n) is 5.03. The van der Waals surface area contributed by atoms with Crippen LogP contribution < -0.4 is 5.32 Å². The number of anilines is 1. The Morgan fingerprint density at radius 3 is 2.32 bits per heavy atom. The molecule has 0 radical (unpaired) electrons. The average molecular weight is 453 g/mol. The fourth-order valence-corrected chi connectivity index (χ4v) is 4.01. The van der Waals surface area contributed by atoms with Crippen molar-refractivity contribution in [2.45, 2.75) is 24.5 Å². The second-order valence-corrected chi connectivity index (χ2v) is 8.88. The summed E-state index contributed by atoms with van der Waals surface area (Å²) in [6.45, 7) is 3.95. The monoisotopic (exact) mass is 452 g/mol. The molecule has 0 aliphatic rings. The Hall–Kier alpha value is -2.76. The molecule has 6 heteroatoms. The maximum Gasteiger partial charge on any atom is 0.254 e. The van der Waals surface area contributed by atoms with E-state index in [2.05, 4.69) is 5.32 Å². The summed E-state index contributed by atoms with van der Waals surface area (Å²) in [5.41, 5.74) is 4.58. The van der Waals surface area contributed by atoms with Crippen molar-refractivity contribution in [3.63, 3.8) is 0 Å². The summed E-state index contributed by atoms with van der Waals surface area (Å²) in [6, 6.07) is 21.0. The first-order chi connectivity index (χ1) is 14.8. The SMILES string of the molecule is Cc1cccc(NC(=O)CN(C)C(=O)c2ccc(CSc3ccc(Cl)cc3)cc2)c1C. The highest BCUT2D eigenvalue weighted by molar-refractivity contribution is 7.98. The molecule has 0 atom stereocenters. The minimum Gasteiger partial charge on any atom is -0.332 e. The highest BCUT2D eigenvalue weighted by Gasteiger charge is 2.16. The summed E-state index contributed by atoms with van der Waals surface area (Å²) in [6.07, 6.45) is 0. The summed E-state index contributed by atoms with van der Waals surface area (Å²) in [4.78, 5) is 27.7. The van der Waals surface area contributed by atoms with Gasteiger partial charge in [-0.3, -0.25) is 9.59 Å². The van der Waals surface area contributed by atoms with Crippen LogP contribution in [0.5, 0.6) is 0 Å². The van der Waals surface area contributed by atoms with Crippen LogP contribution in [0.4, 0.5) is 5.69 Å². The molecule has 3 aromatic rings. The fourth-order valence-electron chi connectivity index (χ4n) is 3.02. The molecule has 4 nitrogen and oxygen atoms in total. The first-order valence-corrected chi connectivity index (χ1v) is 11.3. The second-order valence-electron chi connectivity index (χ2n) is 7.40. The number of thioether (sulfide) groups is 1. The lowest BCUT2D eigenvalue weighted by atomic mass is 10.1. The van der Waals surface area contributed by atoms with E-state index in [1.807, 2.05) is 68.4 Å². The normalized spacial score (nSPS) is 10.6. The molecule has 1 N–H and O–H groups in total. The number of carbonyl (C=O) groups excluding carboxylic acids is 2. The maximum absolute atomic E-state index is 12.7. The average Bonchev–Trinajstić information content (AvgIpc) is 2.76. The summed E-state index contributed by atoms with van der Waals surface area (Å²) in [5.74, 6) is 0.387. The Morgan fingerprint density at radius 1 is 0.968 bits per heavy atom. The fraction of sp³-hybridized carbons (Fsp3) is 0.200. The van der Waals surface area contributed by atoms with Crippen molar-refractivity contribution in [1.82, 2.24) is 4.90 Å². The largest absolute Gasteiger partial charge is 0.332 e. The molecule has 0 unspecified atom stereocenters. The van der Waals surface area contributed by atoms with Crippen LogP contribution in [0.3, 0.4) is 0 Å². The lowest BCUT2D eigenvalue weighted by Crippen LogP contribution is -2.35. The van der Waals surface area contributed by atoms with Crippen LogP contribution in [0.1, 0.15) is 27.0 Å². The van der Waals surface area contributed by atoms with Crippen molar-refractivity contribution < 1.29 is 9.59 Å². The zero-order chi connectivity index (χ0) is 22.4. The number of benzene rings is 3. The number of rotatable bonds is 7. The van der Waals surface area contributed by atoms with E-state index in [4.69, 9.17) is 11.6 Å². The van der Waals surface area contributed by atoms with Crippen molar-refractivity contribution in [1.29, 1.82) is 0 Å². The van der Waals surface area contributed by atoms with E-state index < -0.39 is 0 Å². The van der Waals surface area contributed by atoms with E-state index >= 15 is 0 Å². The van der Waals surface area contributed by atoms with Gasteiger partial charge in [-0.25, -0.2) is 0 Å². The molecule has 0 aliphatic carbocycles. The van der Waals surface area contributed by atoms with Gasteiger partial charge >= 0.3 is 0 Å². The van der Waals surface area contributed by atoms with Gasteiger partial charge in [-0.05, 0) is 73.0 Å². The van der Waals surface area contributed by atoms with Crippen molar-refractivity contribution in [3.8, 4) is 0 Å². The lowest BCUT2D eigenvalue weighted by molar-refractivity contribution is -0.116. The highest BCUT2D eigenvalue weighted by atomic mass is 35.5. The number of hydrogen-bond acceptors (Lipinski definition) is 3. The van der Waals surface area contributed by atoms with Gasteiger partial charge in [-0.15, -0.1) is 11.8 Å². The molecule has 0 spiro atoms. The van der Waals surface area contributed by atoms with Crippen molar-refractivity contribution in [2.75, 3.05) is 18.9 Å². The van der Waals surface area contributed by atoms with E-state index in [-0.39, 0.29) is 18.4 Å². The van der Waals surface area contributed by atoms with Crippen LogP contribution >= 0.6 is 23.4 Å². The number of amides is 2. The second kappa shape index (κ2) is 10.5. The Morgan fingerprint density at radius 2 is 1.65 bits per heavy atom. The molecular weight excluding hydrogens is 428 g/mol. The van der Waals surface area contributed by atoms with Gasteiger partial charge in [0.05, 0.1) is 6.54 Å². The number of halogens is 1. The molecule has 0 aromatic heterocycles. The van der Waals surface area contributed by atoms with Crippen LogP contribution in [0.25, 0.3) is 0 Å². The van der Waals surface area contributed by atoms with Crippen LogP contribution in [0, 0.1) is 13.8 Å². The van der Waals surface area contributed by atoms with E-state index in [9.17, 15) is 9.59 Å². The molecule has 2 amide bonds. The topological polar surface area (TPSA) is 49.4 Å². The number of nitrogens with zero attached hydrogens (tertiary/aromatic N) is 1. The summed E-state index contributed by atoms with van der Waals surface area (Å²) < 4.78 is 0. The van der Waals surface area contributed by atoms with Gasteiger partial charge in [0.2, 0.25) is 5.91 Å². The molecule has 0 fully saturated rings. The summed E-state index contributed by atoms with van der Waals surface area (Å²) >= 11 is 7.62. The summed E-state index contributed by atoms with van der Waals surface area (Å²) in [5, 5.41) is 3.61. The zero-order valence-corrected chi connectivity index (χ0v) is 19.4. The molecule has 0 bridgehead atoms. The Balaban J connectivity index is 1.54. The molecule has 0 aliphatic heterocycles. The number of hydrogen-bond donors (Lipinski definition) is 1. The molecule has 160 valence electrons. The van der Waals surface area contributed by atoms with Crippen LogP contribution in [0.15, 0.2) is 71.6 Å². The van der Waals surface area contributed by atoms with Gasteiger partial charge in [-0.2, -0.15) is 0 Å². The maximum atomic E-state index is 12.7. The minimum atomic E-state index is -0.222. The van der Waals surface area contributed by atoms with Crippen LogP contribution in [-0.4, -0.2) is 30.3 Å². The minimum absolute atomic E-state index is 0.0135. The Bertz CT molecular complexity index is 1070. The molecule has 31 heavy (non-hydrogen) atoms. The van der Waals surface area contributed by atoms with Gasteiger partial charge in [0.1, 0.15) is 0 Å². The van der Waals surface area contributed by atoms with Gasteiger partial charge < -0.3 is 10.2 Å². The van der Waals surface area contributed by atoms with Crippen molar-refractivity contribution >= 4 is 40.9 Å². The van der Waals surface area contributed by atoms with E-state index in [1.165, 1.54) is 4.90 Å². The molecular formula is C25H25ClN2O2S. The number of aryl methyl sites for hydroxylation is 1. The predicted octanol–water partition coefficient (Wildman–Crippen LogP) is 5.96. The van der Waals surface area contributed by atoms with Crippen molar-refractivity contribution in [3.05, 3.63) is 94.0 Å². The van der Waals surface area contributed by atoms with E-state index in [0.29, 0.717) is 5.56 Å².